The minimum atomic E-state index is -0.440. The van der Waals surface area contributed by atoms with Gasteiger partial charge in [0.1, 0.15) is 17.2 Å². The van der Waals surface area contributed by atoms with Crippen LogP contribution in [0.4, 0.5) is 5.82 Å². The van der Waals surface area contributed by atoms with E-state index in [1.807, 2.05) is 35.4 Å². The van der Waals surface area contributed by atoms with Crippen molar-refractivity contribution in [3.8, 4) is 28.3 Å². The molecule has 6 rings (SSSR count). The van der Waals surface area contributed by atoms with Crippen LogP contribution in [-0.2, 0) is 4.74 Å². The number of ether oxygens (including phenoxy) is 1. The Morgan fingerprint density at radius 2 is 1.42 bits per heavy atom. The van der Waals surface area contributed by atoms with Crippen molar-refractivity contribution in [3.63, 3.8) is 0 Å². The van der Waals surface area contributed by atoms with Crippen LogP contribution in [0.2, 0.25) is 0 Å². The van der Waals surface area contributed by atoms with E-state index < -0.39 is 11.9 Å². The Balaban J connectivity index is 0.000000233. The van der Waals surface area contributed by atoms with Crippen LogP contribution in [0.25, 0.3) is 28.3 Å². The summed E-state index contributed by atoms with van der Waals surface area (Å²) in [6, 6.07) is 9.20. The van der Waals surface area contributed by atoms with Gasteiger partial charge in [0.25, 0.3) is 5.91 Å². The quantitative estimate of drug-likeness (QED) is 0.178. The zero-order valence-corrected chi connectivity index (χ0v) is 30.4. The van der Waals surface area contributed by atoms with Crippen LogP contribution < -0.4 is 5.32 Å². The zero-order valence-electron chi connectivity index (χ0n) is 30.4. The molecule has 0 bridgehead atoms. The first-order valence-corrected chi connectivity index (χ1v) is 16.7. The molecule has 0 aliphatic rings. The Morgan fingerprint density at radius 1 is 0.846 bits per heavy atom. The molecule has 6 aromatic heterocycles. The largest absolute Gasteiger partial charge is 0.464 e. The van der Waals surface area contributed by atoms with Gasteiger partial charge in [0.2, 0.25) is 0 Å². The average molecular weight is 707 g/mol. The van der Waals surface area contributed by atoms with Gasteiger partial charge in [0, 0.05) is 53.9 Å². The molecule has 0 radical (unpaired) electrons. The van der Waals surface area contributed by atoms with Crippen molar-refractivity contribution in [2.75, 3.05) is 19.0 Å². The average Bonchev–Trinajstić information content (AvgIpc) is 3.94. The van der Waals surface area contributed by atoms with Gasteiger partial charge < -0.3 is 24.3 Å². The van der Waals surface area contributed by atoms with E-state index in [0.29, 0.717) is 29.2 Å². The lowest BCUT2D eigenvalue weighted by Gasteiger charge is -2.10. The van der Waals surface area contributed by atoms with Gasteiger partial charge in [-0.1, -0.05) is 13.0 Å². The SMILES string of the molecule is COC(=O)c1cc(-c2cn(C(C)C)cn2)c(C)cn1.Cc1cnc(C(=O)Nc2cccc(-n3nnnc3C(C)CO)n2)cc1-c1cn(C(C)C)cn1. The van der Waals surface area contributed by atoms with Gasteiger partial charge in [-0.05, 0) is 87.4 Å². The van der Waals surface area contributed by atoms with Gasteiger partial charge in [-0.2, -0.15) is 4.68 Å². The molecule has 1 unspecified atom stereocenters. The molecule has 6 aromatic rings. The number of esters is 1. The monoisotopic (exact) mass is 706 g/mol. The van der Waals surface area contributed by atoms with E-state index in [9.17, 15) is 14.7 Å². The number of aryl methyl sites for hydroxylation is 2. The molecule has 0 spiro atoms. The molecule has 1 atom stereocenters. The number of imidazole rings is 2. The molecule has 0 fully saturated rings. The number of amides is 1. The summed E-state index contributed by atoms with van der Waals surface area (Å²) in [5.74, 6) is 0.108. The van der Waals surface area contributed by atoms with E-state index in [4.69, 9.17) is 0 Å². The van der Waals surface area contributed by atoms with E-state index in [-0.39, 0.29) is 24.3 Å². The third-order valence-electron chi connectivity index (χ3n) is 8.18. The van der Waals surface area contributed by atoms with E-state index in [0.717, 1.165) is 33.6 Å². The zero-order chi connectivity index (χ0) is 37.5. The molecule has 16 heteroatoms. The second kappa shape index (κ2) is 16.2. The Morgan fingerprint density at radius 3 is 1.96 bits per heavy atom. The first kappa shape index (κ1) is 37.1. The number of rotatable bonds is 10. The number of carbonyl (C=O) groups excluding carboxylic acids is 2. The second-order valence-corrected chi connectivity index (χ2v) is 12.7. The summed E-state index contributed by atoms with van der Waals surface area (Å²) < 4.78 is 10.1. The van der Waals surface area contributed by atoms with Crippen LogP contribution >= 0.6 is 0 Å². The van der Waals surface area contributed by atoms with E-state index >= 15 is 0 Å². The molecule has 16 nitrogen and oxygen atoms in total. The maximum Gasteiger partial charge on any atom is 0.356 e. The fourth-order valence-electron chi connectivity index (χ4n) is 4.99. The number of pyridine rings is 3. The van der Waals surface area contributed by atoms with Gasteiger partial charge in [0.05, 0.1) is 37.8 Å². The predicted octanol–water partition coefficient (Wildman–Crippen LogP) is 5.17. The third-order valence-corrected chi connectivity index (χ3v) is 8.18. The van der Waals surface area contributed by atoms with Crippen molar-refractivity contribution >= 4 is 17.7 Å². The topological polar surface area (TPSA) is 194 Å². The molecule has 0 saturated carbocycles. The van der Waals surface area contributed by atoms with Crippen molar-refractivity contribution in [3.05, 3.63) is 96.1 Å². The Bertz CT molecular complexity index is 2170. The number of aliphatic hydroxyl groups is 1. The minimum Gasteiger partial charge on any atom is -0.464 e. The summed E-state index contributed by atoms with van der Waals surface area (Å²) in [6.07, 6.45) is 10.8. The molecule has 0 aromatic carbocycles. The number of aromatic nitrogens is 11. The number of methoxy groups -OCH3 is 1. The number of tetrazole rings is 1. The van der Waals surface area contributed by atoms with Crippen LogP contribution in [-0.4, -0.2) is 85.0 Å². The van der Waals surface area contributed by atoms with Gasteiger partial charge in [-0.3, -0.25) is 9.78 Å². The lowest BCUT2D eigenvalue weighted by atomic mass is 10.1. The van der Waals surface area contributed by atoms with E-state index in [2.05, 4.69) is 78.2 Å². The van der Waals surface area contributed by atoms with Crippen molar-refractivity contribution in [1.29, 1.82) is 0 Å². The maximum atomic E-state index is 12.9. The number of nitrogens with zero attached hydrogens (tertiary/aromatic N) is 11. The molecular formula is C36H42N12O4. The van der Waals surface area contributed by atoms with E-state index in [1.165, 1.54) is 11.8 Å². The Labute approximate surface area is 301 Å². The van der Waals surface area contributed by atoms with Crippen LogP contribution in [0.15, 0.2) is 67.8 Å². The lowest BCUT2D eigenvalue weighted by molar-refractivity contribution is 0.0594. The summed E-state index contributed by atoms with van der Waals surface area (Å²) >= 11 is 0. The maximum absolute atomic E-state index is 12.9. The molecule has 0 saturated heterocycles. The third kappa shape index (κ3) is 8.40. The summed E-state index contributed by atoms with van der Waals surface area (Å²) in [5.41, 5.74) is 5.79. The summed E-state index contributed by atoms with van der Waals surface area (Å²) in [7, 11) is 1.34. The highest BCUT2D eigenvalue weighted by Crippen LogP contribution is 2.25. The predicted molar refractivity (Wildman–Crippen MR) is 193 cm³/mol. The van der Waals surface area contributed by atoms with Crippen molar-refractivity contribution in [2.45, 2.75) is 66.5 Å². The lowest BCUT2D eigenvalue weighted by Crippen LogP contribution is -2.16. The minimum absolute atomic E-state index is 0.104. The molecular weight excluding hydrogens is 664 g/mol. The number of hydrogen-bond donors (Lipinski definition) is 2. The number of nitrogens with one attached hydrogen (secondary N) is 1. The highest BCUT2D eigenvalue weighted by Gasteiger charge is 2.18. The van der Waals surface area contributed by atoms with Crippen LogP contribution in [0.1, 0.15) is 90.5 Å². The van der Waals surface area contributed by atoms with Crippen LogP contribution in [0, 0.1) is 13.8 Å². The van der Waals surface area contributed by atoms with Gasteiger partial charge in [-0.15, -0.1) is 5.10 Å². The highest BCUT2D eigenvalue weighted by molar-refractivity contribution is 6.03. The number of anilines is 1. The molecule has 0 aliphatic carbocycles. The van der Waals surface area contributed by atoms with Gasteiger partial charge in [-0.25, -0.2) is 24.7 Å². The van der Waals surface area contributed by atoms with Crippen molar-refractivity contribution < 1.29 is 19.4 Å². The second-order valence-electron chi connectivity index (χ2n) is 12.7. The van der Waals surface area contributed by atoms with Gasteiger partial charge in [0.15, 0.2) is 11.6 Å². The summed E-state index contributed by atoms with van der Waals surface area (Å²) in [6.45, 7) is 13.9. The smallest absolute Gasteiger partial charge is 0.356 e. The standard InChI is InChI=1S/C22H25N9O2.C14H17N3O2/c1-13(2)30-10-18(24-12-30)16-8-17(23-9-14(16)3)22(33)26-19-6-5-7-20(25-19)31-21(15(4)11-32)27-28-29-31;1-9(2)17-7-13(16-8-17)11-5-12(14(18)19-4)15-6-10(11)3/h5-10,12-13,15,32H,11H2,1-4H3,(H,25,26,33);5-9H,1-4H3. The first-order valence-electron chi connectivity index (χ1n) is 16.7. The molecule has 270 valence electrons. The fourth-order valence-corrected chi connectivity index (χ4v) is 4.99. The Hall–Kier alpha value is -6.16. The van der Waals surface area contributed by atoms with Crippen LogP contribution in [0.3, 0.4) is 0 Å². The number of hydrogen-bond acceptors (Lipinski definition) is 12. The van der Waals surface area contributed by atoms with Crippen molar-refractivity contribution in [2.24, 2.45) is 0 Å². The highest BCUT2D eigenvalue weighted by atomic mass is 16.5. The summed E-state index contributed by atoms with van der Waals surface area (Å²) in [4.78, 5) is 46.1. The Kier molecular flexibility index (Phi) is 11.6. The molecule has 52 heavy (non-hydrogen) atoms. The normalized spacial score (nSPS) is 11.7. The molecule has 2 N–H and O–H groups in total. The fraction of sp³-hybridized carbons (Fsp3) is 0.333. The molecule has 6 heterocycles. The van der Waals surface area contributed by atoms with Crippen molar-refractivity contribution in [1.82, 2.24) is 54.3 Å². The number of carbonyl (C=O) groups is 2. The van der Waals surface area contributed by atoms with E-state index in [1.54, 1.807) is 62.3 Å². The first-order chi connectivity index (χ1) is 24.9. The van der Waals surface area contributed by atoms with Gasteiger partial charge >= 0.3 is 5.97 Å². The molecule has 1 amide bonds. The number of aliphatic hydroxyl groups excluding tert-OH is 1. The molecule has 0 aliphatic heterocycles. The summed E-state index contributed by atoms with van der Waals surface area (Å²) in [5, 5.41) is 23.8. The van der Waals surface area contributed by atoms with Crippen LogP contribution in [0.5, 0.6) is 0 Å².